The maximum atomic E-state index is 13.1. The smallest absolute Gasteiger partial charge is 0.392 e. The summed E-state index contributed by atoms with van der Waals surface area (Å²) in [5, 5.41) is 0. The summed E-state index contributed by atoms with van der Waals surface area (Å²) in [5.74, 6) is -3.02. The summed E-state index contributed by atoms with van der Waals surface area (Å²) in [6.07, 6.45) is -2.82. The summed E-state index contributed by atoms with van der Waals surface area (Å²) in [4.78, 5) is 13.7. The molecule has 0 heterocycles. The van der Waals surface area contributed by atoms with Crippen molar-refractivity contribution in [2.24, 2.45) is 11.8 Å². The van der Waals surface area contributed by atoms with Crippen LogP contribution in [0.5, 0.6) is 0 Å². The lowest BCUT2D eigenvalue weighted by atomic mass is 9.78. The van der Waals surface area contributed by atoms with Crippen molar-refractivity contribution in [3.8, 4) is 0 Å². The number of anilines is 2. The molecule has 0 bridgehead atoms. The Labute approximate surface area is 121 Å². The second-order valence-corrected chi connectivity index (χ2v) is 5.53. The van der Waals surface area contributed by atoms with E-state index in [1.807, 2.05) is 0 Å². The highest BCUT2D eigenvalue weighted by Crippen LogP contribution is 2.42. The zero-order valence-corrected chi connectivity index (χ0v) is 11.9. The molecule has 1 aromatic carbocycles. The number of benzene rings is 1. The topological polar surface area (TPSA) is 46.3 Å². The fraction of sp³-hybridized carbons (Fsp3) is 0.533. The second kappa shape index (κ2) is 5.95. The van der Waals surface area contributed by atoms with Gasteiger partial charge in [0.25, 0.3) is 0 Å². The van der Waals surface area contributed by atoms with E-state index < -0.39 is 23.9 Å². The number of carbonyl (C=O) groups is 1. The average Bonchev–Trinajstić information content (AvgIpc) is 2.45. The van der Waals surface area contributed by atoms with Crippen LogP contribution in [0.1, 0.15) is 25.7 Å². The molecule has 0 saturated heterocycles. The molecule has 116 valence electrons. The number of rotatable bonds is 2. The van der Waals surface area contributed by atoms with E-state index in [1.165, 1.54) is 11.9 Å². The minimum Gasteiger partial charge on any atom is -0.399 e. The standard InChI is InChI=1S/C15H19F3N2O/c1-20(11-6-4-5-10(19)9-11)14(21)12-7-2-3-8-13(12)15(16,17)18/h4-6,9,12-13H,2-3,7-8,19H2,1H3. The predicted molar refractivity (Wildman–Crippen MR) is 75.8 cm³/mol. The molecule has 2 atom stereocenters. The number of nitrogens with zero attached hydrogens (tertiary/aromatic N) is 1. The van der Waals surface area contributed by atoms with Gasteiger partial charge >= 0.3 is 6.18 Å². The van der Waals surface area contributed by atoms with Crippen LogP contribution >= 0.6 is 0 Å². The third kappa shape index (κ3) is 3.49. The molecule has 0 radical (unpaired) electrons. The molecule has 3 nitrogen and oxygen atoms in total. The van der Waals surface area contributed by atoms with Gasteiger partial charge in [-0.2, -0.15) is 13.2 Å². The van der Waals surface area contributed by atoms with Crippen molar-refractivity contribution in [1.29, 1.82) is 0 Å². The fourth-order valence-electron chi connectivity index (χ4n) is 2.93. The predicted octanol–water partition coefficient (Wildman–Crippen LogP) is 3.60. The molecule has 1 aliphatic carbocycles. The van der Waals surface area contributed by atoms with Gasteiger partial charge in [-0.25, -0.2) is 0 Å². The molecule has 0 spiro atoms. The summed E-state index contributed by atoms with van der Waals surface area (Å²) >= 11 is 0. The van der Waals surface area contributed by atoms with Gasteiger partial charge in [-0.15, -0.1) is 0 Å². The lowest BCUT2D eigenvalue weighted by molar-refractivity contribution is -0.197. The molecule has 6 heteroatoms. The van der Waals surface area contributed by atoms with Crippen molar-refractivity contribution < 1.29 is 18.0 Å². The van der Waals surface area contributed by atoms with Crippen molar-refractivity contribution >= 4 is 17.3 Å². The summed E-state index contributed by atoms with van der Waals surface area (Å²) in [7, 11) is 1.50. The molecule has 1 aromatic rings. The maximum absolute atomic E-state index is 13.1. The number of halogens is 3. The van der Waals surface area contributed by atoms with Crippen LogP contribution in [0.25, 0.3) is 0 Å². The Morgan fingerprint density at radius 3 is 2.57 bits per heavy atom. The van der Waals surface area contributed by atoms with Crippen molar-refractivity contribution in [2.75, 3.05) is 17.7 Å². The summed E-state index contributed by atoms with van der Waals surface area (Å²) < 4.78 is 39.3. The van der Waals surface area contributed by atoms with Gasteiger partial charge in [-0.05, 0) is 31.0 Å². The third-order valence-corrected chi connectivity index (χ3v) is 4.09. The molecule has 21 heavy (non-hydrogen) atoms. The lowest BCUT2D eigenvalue weighted by Crippen LogP contribution is -2.43. The molecule has 2 N–H and O–H groups in total. The molecule has 2 rings (SSSR count). The van der Waals surface area contributed by atoms with E-state index in [4.69, 9.17) is 5.73 Å². The second-order valence-electron chi connectivity index (χ2n) is 5.53. The molecule has 1 amide bonds. The third-order valence-electron chi connectivity index (χ3n) is 4.09. The number of alkyl halides is 3. The first kappa shape index (κ1) is 15.7. The van der Waals surface area contributed by atoms with Gasteiger partial charge in [0.2, 0.25) is 5.91 Å². The van der Waals surface area contributed by atoms with Gasteiger partial charge in [0, 0.05) is 24.3 Å². The van der Waals surface area contributed by atoms with E-state index in [0.29, 0.717) is 24.2 Å². The minimum absolute atomic E-state index is 0.0324. The van der Waals surface area contributed by atoms with Crippen LogP contribution in [0.3, 0.4) is 0 Å². The molecule has 1 fully saturated rings. The van der Waals surface area contributed by atoms with Crippen LogP contribution < -0.4 is 10.6 Å². The van der Waals surface area contributed by atoms with E-state index >= 15 is 0 Å². The Morgan fingerprint density at radius 1 is 1.29 bits per heavy atom. The van der Waals surface area contributed by atoms with E-state index in [9.17, 15) is 18.0 Å². The number of carbonyl (C=O) groups excluding carboxylic acids is 1. The fourth-order valence-corrected chi connectivity index (χ4v) is 2.93. The zero-order valence-electron chi connectivity index (χ0n) is 11.9. The first-order chi connectivity index (χ1) is 9.80. The van der Waals surface area contributed by atoms with Crippen molar-refractivity contribution in [3.05, 3.63) is 24.3 Å². The van der Waals surface area contributed by atoms with E-state index in [-0.39, 0.29) is 12.8 Å². The Morgan fingerprint density at radius 2 is 1.95 bits per heavy atom. The van der Waals surface area contributed by atoms with E-state index in [1.54, 1.807) is 24.3 Å². The van der Waals surface area contributed by atoms with Crippen LogP contribution in [0.4, 0.5) is 24.5 Å². The highest BCUT2D eigenvalue weighted by molar-refractivity contribution is 5.95. The molecule has 1 saturated carbocycles. The Balaban J connectivity index is 2.20. The number of hydrogen-bond donors (Lipinski definition) is 1. The van der Waals surface area contributed by atoms with Gasteiger partial charge < -0.3 is 10.6 Å². The normalized spacial score (nSPS) is 22.9. The van der Waals surface area contributed by atoms with Crippen LogP contribution in [-0.4, -0.2) is 19.1 Å². The molecule has 2 unspecified atom stereocenters. The highest BCUT2D eigenvalue weighted by atomic mass is 19.4. The first-order valence-corrected chi connectivity index (χ1v) is 7.00. The molecule has 0 aromatic heterocycles. The van der Waals surface area contributed by atoms with Gasteiger partial charge in [-0.1, -0.05) is 18.9 Å². The Hall–Kier alpha value is -1.72. The largest absolute Gasteiger partial charge is 0.399 e. The summed E-state index contributed by atoms with van der Waals surface area (Å²) in [6, 6.07) is 6.60. The minimum atomic E-state index is -4.32. The lowest BCUT2D eigenvalue weighted by Gasteiger charge is -2.34. The number of hydrogen-bond acceptors (Lipinski definition) is 2. The summed E-state index contributed by atoms with van der Waals surface area (Å²) in [5.41, 5.74) is 6.65. The molecular formula is C15H19F3N2O. The van der Waals surface area contributed by atoms with Crippen LogP contribution in [-0.2, 0) is 4.79 Å². The summed E-state index contributed by atoms with van der Waals surface area (Å²) in [6.45, 7) is 0. The number of nitrogen functional groups attached to an aromatic ring is 1. The zero-order chi connectivity index (χ0) is 15.6. The number of nitrogens with two attached hydrogens (primary N) is 1. The van der Waals surface area contributed by atoms with E-state index in [2.05, 4.69) is 0 Å². The SMILES string of the molecule is CN(C(=O)C1CCCCC1C(F)(F)F)c1cccc(N)c1. The highest BCUT2D eigenvalue weighted by Gasteiger charge is 2.48. The van der Waals surface area contributed by atoms with Crippen molar-refractivity contribution in [2.45, 2.75) is 31.9 Å². The average molecular weight is 300 g/mol. The van der Waals surface area contributed by atoms with Gasteiger partial charge in [0.05, 0.1) is 5.92 Å². The monoisotopic (exact) mass is 300 g/mol. The Bertz CT molecular complexity index is 516. The van der Waals surface area contributed by atoms with Crippen LogP contribution in [0.15, 0.2) is 24.3 Å². The van der Waals surface area contributed by atoms with Crippen LogP contribution in [0.2, 0.25) is 0 Å². The molecule has 0 aliphatic heterocycles. The van der Waals surface area contributed by atoms with Gasteiger partial charge in [0.15, 0.2) is 0 Å². The first-order valence-electron chi connectivity index (χ1n) is 7.00. The molecule has 1 aliphatic rings. The Kier molecular flexibility index (Phi) is 4.44. The number of amides is 1. The van der Waals surface area contributed by atoms with Crippen molar-refractivity contribution in [3.63, 3.8) is 0 Å². The molecular weight excluding hydrogens is 281 g/mol. The van der Waals surface area contributed by atoms with Crippen molar-refractivity contribution in [1.82, 2.24) is 0 Å². The van der Waals surface area contributed by atoms with Gasteiger partial charge in [-0.3, -0.25) is 4.79 Å². The maximum Gasteiger partial charge on any atom is 0.392 e. The quantitative estimate of drug-likeness (QED) is 0.848. The van der Waals surface area contributed by atoms with E-state index in [0.717, 1.165) is 0 Å². The van der Waals surface area contributed by atoms with Crippen LogP contribution in [0, 0.1) is 11.8 Å². The van der Waals surface area contributed by atoms with Gasteiger partial charge in [0.1, 0.15) is 0 Å².